The molecule has 0 saturated heterocycles. The molecule has 0 fully saturated rings. The van der Waals surface area contributed by atoms with Crippen LogP contribution in [0.25, 0.3) is 22.6 Å². The number of carboxylic acids is 1. The Bertz CT molecular complexity index is 770. The molecule has 0 atom stereocenters. The van der Waals surface area contributed by atoms with Crippen molar-refractivity contribution in [3.63, 3.8) is 0 Å². The summed E-state index contributed by atoms with van der Waals surface area (Å²) < 4.78 is 0. The van der Waals surface area contributed by atoms with Gasteiger partial charge in [-0.2, -0.15) is 0 Å². The third-order valence-electron chi connectivity index (χ3n) is 3.11. The highest BCUT2D eigenvalue weighted by Crippen LogP contribution is 2.32. The van der Waals surface area contributed by atoms with Gasteiger partial charge >= 0.3 is 5.97 Å². The molecule has 2 N–H and O–H groups in total. The van der Waals surface area contributed by atoms with Gasteiger partial charge in [0.1, 0.15) is 10.9 Å². The molecule has 0 bridgehead atoms. The van der Waals surface area contributed by atoms with Gasteiger partial charge in [-0.15, -0.1) is 0 Å². The van der Waals surface area contributed by atoms with Crippen molar-refractivity contribution in [1.29, 1.82) is 0 Å². The average Bonchev–Trinajstić information content (AvgIpc) is 2.99. The summed E-state index contributed by atoms with van der Waals surface area (Å²) >= 11 is 1.22. The first kappa shape index (κ1) is 14.4. The maximum absolute atomic E-state index is 10.8. The van der Waals surface area contributed by atoms with Gasteiger partial charge in [-0.3, -0.25) is 4.79 Å². The van der Waals surface area contributed by atoms with Crippen LogP contribution in [0.2, 0.25) is 0 Å². The Hall–Kier alpha value is -2.53. The second kappa shape index (κ2) is 6.49. The van der Waals surface area contributed by atoms with Crippen LogP contribution in [0.1, 0.15) is 0 Å². The first-order chi connectivity index (χ1) is 10.7. The van der Waals surface area contributed by atoms with Gasteiger partial charge in [-0.1, -0.05) is 72.4 Å². The van der Waals surface area contributed by atoms with Crippen molar-refractivity contribution in [3.05, 3.63) is 60.7 Å². The predicted molar refractivity (Wildman–Crippen MR) is 87.8 cm³/mol. The monoisotopic (exact) mass is 310 g/mol. The highest BCUT2D eigenvalue weighted by Gasteiger charge is 2.14. The van der Waals surface area contributed by atoms with Crippen LogP contribution in [0, 0.1) is 0 Å². The third-order valence-corrected chi connectivity index (χ3v) is 4.07. The van der Waals surface area contributed by atoms with Gasteiger partial charge < -0.3 is 10.1 Å². The second-order valence-corrected chi connectivity index (χ2v) is 5.64. The Labute approximate surface area is 132 Å². The number of carbonyl (C=O) groups is 1. The van der Waals surface area contributed by atoms with Crippen molar-refractivity contribution < 1.29 is 9.90 Å². The molecule has 0 aliphatic carbocycles. The minimum absolute atomic E-state index is 0.0150. The zero-order valence-electron chi connectivity index (χ0n) is 11.7. The lowest BCUT2D eigenvalue weighted by molar-refractivity contribution is -0.133. The number of nitrogens with one attached hydrogen (secondary N) is 1. The number of thioether (sulfide) groups is 1. The van der Waals surface area contributed by atoms with E-state index in [1.54, 1.807) is 0 Å². The van der Waals surface area contributed by atoms with E-state index in [4.69, 9.17) is 5.11 Å². The number of rotatable bonds is 5. The summed E-state index contributed by atoms with van der Waals surface area (Å²) in [7, 11) is 0. The van der Waals surface area contributed by atoms with Crippen LogP contribution in [-0.4, -0.2) is 26.8 Å². The molecule has 1 heterocycles. The number of hydrogen-bond donors (Lipinski definition) is 2. The summed E-state index contributed by atoms with van der Waals surface area (Å²) in [6.07, 6.45) is 0. The molecule has 0 spiro atoms. The van der Waals surface area contributed by atoms with E-state index >= 15 is 0 Å². The van der Waals surface area contributed by atoms with Gasteiger partial charge in [0.25, 0.3) is 0 Å². The molecule has 3 aromatic rings. The van der Waals surface area contributed by atoms with Crippen molar-refractivity contribution in [1.82, 2.24) is 9.97 Å². The van der Waals surface area contributed by atoms with Gasteiger partial charge in [-0.25, -0.2) is 4.98 Å². The van der Waals surface area contributed by atoms with E-state index in [0.717, 1.165) is 22.6 Å². The van der Waals surface area contributed by atoms with E-state index in [0.29, 0.717) is 5.03 Å². The Kier molecular flexibility index (Phi) is 4.25. The number of aromatic amines is 1. The molecule has 4 nitrogen and oxygen atoms in total. The summed E-state index contributed by atoms with van der Waals surface area (Å²) in [5, 5.41) is 9.60. The third kappa shape index (κ3) is 3.20. The molecular formula is C17H14N2O2S. The number of imidazole rings is 1. The number of hydrogen-bond acceptors (Lipinski definition) is 3. The van der Waals surface area contributed by atoms with Crippen molar-refractivity contribution in [2.24, 2.45) is 0 Å². The van der Waals surface area contributed by atoms with Crippen molar-refractivity contribution in [2.75, 3.05) is 5.75 Å². The van der Waals surface area contributed by atoms with Crippen LogP contribution < -0.4 is 0 Å². The van der Waals surface area contributed by atoms with Gasteiger partial charge in [0.2, 0.25) is 0 Å². The summed E-state index contributed by atoms with van der Waals surface area (Å²) in [6, 6.07) is 19.6. The topological polar surface area (TPSA) is 66.0 Å². The summed E-state index contributed by atoms with van der Waals surface area (Å²) in [5.74, 6) is -0.126. The van der Waals surface area contributed by atoms with Crippen LogP contribution in [0.3, 0.4) is 0 Å². The van der Waals surface area contributed by atoms with Crippen molar-refractivity contribution in [2.45, 2.75) is 5.03 Å². The van der Waals surface area contributed by atoms with Crippen LogP contribution in [0.4, 0.5) is 0 Å². The van der Waals surface area contributed by atoms with Gasteiger partial charge in [-0.05, 0) is 0 Å². The first-order valence-corrected chi connectivity index (χ1v) is 7.78. The highest BCUT2D eigenvalue weighted by molar-refractivity contribution is 8.00. The normalized spacial score (nSPS) is 10.5. The summed E-state index contributed by atoms with van der Waals surface area (Å²) in [5.41, 5.74) is 2.82. The number of carboxylic acid groups (broad SMARTS) is 1. The predicted octanol–water partition coefficient (Wildman–Crippen LogP) is 3.92. The van der Waals surface area contributed by atoms with E-state index in [2.05, 4.69) is 9.97 Å². The lowest BCUT2D eigenvalue weighted by Gasteiger charge is -2.00. The zero-order valence-corrected chi connectivity index (χ0v) is 12.5. The number of benzene rings is 2. The molecule has 110 valence electrons. The smallest absolute Gasteiger partial charge is 0.313 e. The standard InChI is InChI=1S/C17H14N2O2S/c20-14(21)11-22-17-15(12-7-3-1-4-8-12)18-16(19-17)13-9-5-2-6-10-13/h1-10H,11H2,(H,18,19)(H,20,21). The molecule has 1 aromatic heterocycles. The molecule has 0 saturated carbocycles. The molecule has 0 aliphatic heterocycles. The molecular weight excluding hydrogens is 296 g/mol. The van der Waals surface area contributed by atoms with Crippen LogP contribution in [0.15, 0.2) is 65.7 Å². The molecule has 0 radical (unpaired) electrons. The largest absolute Gasteiger partial charge is 0.481 e. The van der Waals surface area contributed by atoms with Crippen molar-refractivity contribution in [3.8, 4) is 22.6 Å². The molecule has 22 heavy (non-hydrogen) atoms. The first-order valence-electron chi connectivity index (χ1n) is 6.79. The van der Waals surface area contributed by atoms with Gasteiger partial charge in [0, 0.05) is 11.1 Å². The van der Waals surface area contributed by atoms with Gasteiger partial charge in [0.05, 0.1) is 11.4 Å². The fraction of sp³-hybridized carbons (Fsp3) is 0.0588. The molecule has 3 rings (SSSR count). The van der Waals surface area contributed by atoms with Crippen molar-refractivity contribution >= 4 is 17.7 Å². The minimum atomic E-state index is -0.853. The lowest BCUT2D eigenvalue weighted by Crippen LogP contribution is -1.97. The SMILES string of the molecule is O=C(O)CSc1nc(-c2ccccc2)[nH]c1-c1ccccc1. The maximum Gasteiger partial charge on any atom is 0.313 e. The zero-order chi connectivity index (χ0) is 15.4. The Morgan fingerprint density at radius 3 is 2.18 bits per heavy atom. The van der Waals surface area contributed by atoms with Crippen LogP contribution in [0.5, 0.6) is 0 Å². The summed E-state index contributed by atoms with van der Waals surface area (Å²) in [6.45, 7) is 0. The van der Waals surface area contributed by atoms with Crippen LogP contribution in [-0.2, 0) is 4.79 Å². The maximum atomic E-state index is 10.8. The molecule has 5 heteroatoms. The fourth-order valence-corrected chi connectivity index (χ4v) is 2.85. The Morgan fingerprint density at radius 1 is 1.00 bits per heavy atom. The van der Waals surface area contributed by atoms with E-state index < -0.39 is 5.97 Å². The number of aromatic nitrogens is 2. The fourth-order valence-electron chi connectivity index (χ4n) is 2.13. The highest BCUT2D eigenvalue weighted by atomic mass is 32.2. The van der Waals surface area contributed by atoms with Crippen LogP contribution >= 0.6 is 11.8 Å². The summed E-state index contributed by atoms with van der Waals surface area (Å²) in [4.78, 5) is 18.7. The quantitative estimate of drug-likeness (QED) is 0.701. The molecule has 0 unspecified atom stereocenters. The minimum Gasteiger partial charge on any atom is -0.481 e. The molecule has 2 aromatic carbocycles. The second-order valence-electron chi connectivity index (χ2n) is 4.68. The lowest BCUT2D eigenvalue weighted by atomic mass is 10.2. The van der Waals surface area contributed by atoms with E-state index in [-0.39, 0.29) is 5.75 Å². The number of H-pyrrole nitrogens is 1. The van der Waals surface area contributed by atoms with E-state index in [9.17, 15) is 4.79 Å². The average molecular weight is 310 g/mol. The molecule has 0 amide bonds. The van der Waals surface area contributed by atoms with E-state index in [1.807, 2.05) is 60.7 Å². The van der Waals surface area contributed by atoms with E-state index in [1.165, 1.54) is 11.8 Å². The Morgan fingerprint density at radius 2 is 1.59 bits per heavy atom. The molecule has 0 aliphatic rings. The van der Waals surface area contributed by atoms with Gasteiger partial charge in [0.15, 0.2) is 0 Å². The number of aliphatic carboxylic acids is 1. The Balaban J connectivity index is 2.03. The number of nitrogens with zero attached hydrogens (tertiary/aromatic N) is 1.